The van der Waals surface area contributed by atoms with Crippen molar-refractivity contribution in [2.75, 3.05) is 0 Å². The van der Waals surface area contributed by atoms with E-state index in [1.807, 2.05) is 44.2 Å². The first-order chi connectivity index (χ1) is 12.9. The molecule has 0 bridgehead atoms. The molecule has 1 unspecified atom stereocenters. The summed E-state index contributed by atoms with van der Waals surface area (Å²) in [5, 5.41) is 7.17. The van der Waals surface area contributed by atoms with Gasteiger partial charge in [0, 0.05) is 5.56 Å². The van der Waals surface area contributed by atoms with E-state index in [0.717, 1.165) is 11.1 Å². The Labute approximate surface area is 162 Å². The highest BCUT2D eigenvalue weighted by Crippen LogP contribution is 2.25. The predicted molar refractivity (Wildman–Crippen MR) is 103 cm³/mol. The van der Waals surface area contributed by atoms with Crippen molar-refractivity contribution in [2.45, 2.75) is 33.4 Å². The molecule has 140 valence electrons. The van der Waals surface area contributed by atoms with Crippen molar-refractivity contribution in [3.8, 4) is 17.1 Å². The Hall–Kier alpha value is -2.86. The van der Waals surface area contributed by atoms with Gasteiger partial charge in [-0.15, -0.1) is 0 Å². The molecule has 27 heavy (non-hydrogen) atoms. The van der Waals surface area contributed by atoms with Gasteiger partial charge in [0.05, 0.1) is 11.6 Å². The van der Waals surface area contributed by atoms with E-state index in [0.29, 0.717) is 22.2 Å². The van der Waals surface area contributed by atoms with E-state index in [9.17, 15) is 4.79 Å². The average Bonchev–Trinajstić information content (AvgIpc) is 3.11. The summed E-state index contributed by atoms with van der Waals surface area (Å²) in [5.41, 5.74) is 2.80. The summed E-state index contributed by atoms with van der Waals surface area (Å²) in [5.74, 6) is 1.08. The average molecular weight is 386 g/mol. The Balaban J connectivity index is 1.58. The molecule has 3 rings (SSSR count). The lowest BCUT2D eigenvalue weighted by molar-refractivity contribution is -0.127. The van der Waals surface area contributed by atoms with E-state index in [4.69, 9.17) is 20.9 Å². The van der Waals surface area contributed by atoms with Gasteiger partial charge in [0.2, 0.25) is 11.7 Å². The highest BCUT2D eigenvalue weighted by atomic mass is 35.5. The fourth-order valence-electron chi connectivity index (χ4n) is 2.56. The number of amides is 1. The first-order valence-electron chi connectivity index (χ1n) is 8.53. The third kappa shape index (κ3) is 4.65. The van der Waals surface area contributed by atoms with E-state index in [-0.39, 0.29) is 18.3 Å². The molecule has 7 heteroatoms. The van der Waals surface area contributed by atoms with Gasteiger partial charge in [0.1, 0.15) is 5.75 Å². The Morgan fingerprint density at radius 3 is 2.78 bits per heavy atom. The van der Waals surface area contributed by atoms with Crippen LogP contribution in [0.5, 0.6) is 5.75 Å². The van der Waals surface area contributed by atoms with Crippen LogP contribution in [0.4, 0.5) is 0 Å². The van der Waals surface area contributed by atoms with Crippen LogP contribution >= 0.6 is 11.6 Å². The topological polar surface area (TPSA) is 77.2 Å². The number of nitrogens with one attached hydrogen (secondary N) is 1. The number of hydrogen-bond donors (Lipinski definition) is 1. The molecule has 0 fully saturated rings. The Morgan fingerprint density at radius 2 is 2.04 bits per heavy atom. The predicted octanol–water partition coefficient (Wildman–Crippen LogP) is 4.09. The second-order valence-electron chi connectivity index (χ2n) is 6.24. The molecule has 0 spiro atoms. The molecule has 1 heterocycles. The molecule has 0 aliphatic rings. The number of rotatable bonds is 6. The van der Waals surface area contributed by atoms with Gasteiger partial charge in [-0.25, -0.2) is 0 Å². The van der Waals surface area contributed by atoms with Gasteiger partial charge in [-0.2, -0.15) is 4.98 Å². The second-order valence-corrected chi connectivity index (χ2v) is 6.65. The van der Waals surface area contributed by atoms with Gasteiger partial charge in [0.25, 0.3) is 5.91 Å². The molecule has 0 aliphatic carbocycles. The standard InChI is InChI=1S/C20H20ClN3O3/c1-12-8-9-17(13(2)10-12)26-14(3)20(25)22-11-18-23-19(24-27-18)15-6-4-5-7-16(15)21/h4-10,14H,11H2,1-3H3,(H,22,25). The summed E-state index contributed by atoms with van der Waals surface area (Å²) in [4.78, 5) is 16.5. The highest BCUT2D eigenvalue weighted by molar-refractivity contribution is 6.33. The van der Waals surface area contributed by atoms with Gasteiger partial charge >= 0.3 is 0 Å². The van der Waals surface area contributed by atoms with Crippen molar-refractivity contribution in [1.29, 1.82) is 0 Å². The lowest BCUT2D eigenvalue weighted by Crippen LogP contribution is -2.36. The minimum absolute atomic E-state index is 0.108. The van der Waals surface area contributed by atoms with Crippen molar-refractivity contribution >= 4 is 17.5 Å². The third-order valence-electron chi connectivity index (χ3n) is 4.00. The van der Waals surface area contributed by atoms with Gasteiger partial charge in [-0.3, -0.25) is 4.79 Å². The van der Waals surface area contributed by atoms with E-state index in [1.165, 1.54) is 0 Å². The molecule has 0 radical (unpaired) electrons. The number of aromatic nitrogens is 2. The summed E-state index contributed by atoms with van der Waals surface area (Å²) in [6, 6.07) is 13.0. The van der Waals surface area contributed by atoms with Crippen LogP contribution in [0.2, 0.25) is 5.02 Å². The van der Waals surface area contributed by atoms with Crippen LogP contribution in [-0.4, -0.2) is 22.2 Å². The smallest absolute Gasteiger partial charge is 0.261 e. The number of halogens is 1. The third-order valence-corrected chi connectivity index (χ3v) is 4.33. The van der Waals surface area contributed by atoms with Crippen LogP contribution in [0.1, 0.15) is 23.9 Å². The summed E-state index contributed by atoms with van der Waals surface area (Å²) in [7, 11) is 0. The molecule has 1 N–H and O–H groups in total. The van der Waals surface area contributed by atoms with Gasteiger partial charge in [-0.1, -0.05) is 46.6 Å². The maximum Gasteiger partial charge on any atom is 0.261 e. The van der Waals surface area contributed by atoms with Gasteiger partial charge in [-0.05, 0) is 44.5 Å². The molecule has 0 aliphatic heterocycles. The SMILES string of the molecule is Cc1ccc(OC(C)C(=O)NCc2nc(-c3ccccc3Cl)no2)c(C)c1. The van der Waals surface area contributed by atoms with E-state index in [2.05, 4.69) is 15.5 Å². The van der Waals surface area contributed by atoms with Crippen molar-refractivity contribution in [1.82, 2.24) is 15.5 Å². The number of hydrogen-bond acceptors (Lipinski definition) is 5. The molecule has 2 aromatic carbocycles. The number of benzene rings is 2. The lowest BCUT2D eigenvalue weighted by Gasteiger charge is -2.16. The first kappa shape index (κ1) is 18.9. The molecule has 3 aromatic rings. The maximum atomic E-state index is 12.3. The van der Waals surface area contributed by atoms with Crippen LogP contribution in [0.3, 0.4) is 0 Å². The molecule has 1 atom stereocenters. The quantitative estimate of drug-likeness (QED) is 0.691. The van der Waals surface area contributed by atoms with Gasteiger partial charge in [0.15, 0.2) is 6.10 Å². The fourth-order valence-corrected chi connectivity index (χ4v) is 2.78. The number of carbonyl (C=O) groups is 1. The molecule has 1 amide bonds. The minimum Gasteiger partial charge on any atom is -0.481 e. The lowest BCUT2D eigenvalue weighted by atomic mass is 10.1. The van der Waals surface area contributed by atoms with Crippen molar-refractivity contribution in [3.63, 3.8) is 0 Å². The zero-order valence-electron chi connectivity index (χ0n) is 15.3. The van der Waals surface area contributed by atoms with Crippen molar-refractivity contribution in [2.24, 2.45) is 0 Å². The van der Waals surface area contributed by atoms with Crippen LogP contribution in [-0.2, 0) is 11.3 Å². The number of carbonyl (C=O) groups excluding carboxylic acids is 1. The molecular formula is C20H20ClN3O3. The van der Waals surface area contributed by atoms with Crippen LogP contribution in [0.15, 0.2) is 47.0 Å². The summed E-state index contributed by atoms with van der Waals surface area (Å²) < 4.78 is 10.9. The second kappa shape index (κ2) is 8.22. The molecular weight excluding hydrogens is 366 g/mol. The zero-order valence-corrected chi connectivity index (χ0v) is 16.1. The summed E-state index contributed by atoms with van der Waals surface area (Å²) in [6.07, 6.45) is -0.655. The first-order valence-corrected chi connectivity index (χ1v) is 8.91. The Bertz CT molecular complexity index is 955. The number of nitrogens with zero attached hydrogens (tertiary/aromatic N) is 2. The fraction of sp³-hybridized carbons (Fsp3) is 0.250. The van der Waals surface area contributed by atoms with E-state index in [1.54, 1.807) is 19.1 Å². The largest absolute Gasteiger partial charge is 0.481 e. The van der Waals surface area contributed by atoms with Crippen LogP contribution in [0, 0.1) is 13.8 Å². The summed E-state index contributed by atoms with van der Waals surface area (Å²) in [6.45, 7) is 5.75. The normalized spacial score (nSPS) is 11.9. The maximum absolute atomic E-state index is 12.3. The molecule has 0 saturated carbocycles. The Kier molecular flexibility index (Phi) is 5.76. The zero-order chi connectivity index (χ0) is 19.4. The monoisotopic (exact) mass is 385 g/mol. The molecule has 0 saturated heterocycles. The summed E-state index contributed by atoms with van der Waals surface area (Å²) >= 11 is 6.13. The highest BCUT2D eigenvalue weighted by Gasteiger charge is 2.17. The van der Waals surface area contributed by atoms with Gasteiger partial charge < -0.3 is 14.6 Å². The number of aryl methyl sites for hydroxylation is 2. The number of ether oxygens (including phenoxy) is 1. The van der Waals surface area contributed by atoms with Crippen LogP contribution < -0.4 is 10.1 Å². The van der Waals surface area contributed by atoms with E-state index < -0.39 is 6.10 Å². The molecule has 1 aromatic heterocycles. The molecule has 6 nitrogen and oxygen atoms in total. The van der Waals surface area contributed by atoms with Crippen LogP contribution in [0.25, 0.3) is 11.4 Å². The van der Waals surface area contributed by atoms with Crippen molar-refractivity contribution < 1.29 is 14.1 Å². The Morgan fingerprint density at radius 1 is 1.26 bits per heavy atom. The minimum atomic E-state index is -0.655. The van der Waals surface area contributed by atoms with E-state index >= 15 is 0 Å². The van der Waals surface area contributed by atoms with Crippen molar-refractivity contribution in [3.05, 3.63) is 64.5 Å².